The van der Waals surface area contributed by atoms with Crippen LogP contribution in [0.3, 0.4) is 0 Å². The maximum Gasteiger partial charge on any atom is 0.217 e. The minimum atomic E-state index is -0.566. The molecule has 5 heteroatoms. The van der Waals surface area contributed by atoms with E-state index >= 15 is 0 Å². The summed E-state index contributed by atoms with van der Waals surface area (Å²) >= 11 is 3.10. The zero-order chi connectivity index (χ0) is 7.72. The maximum atomic E-state index is 9.07. The highest BCUT2D eigenvalue weighted by atomic mass is 79.9. The lowest BCUT2D eigenvalue weighted by molar-refractivity contribution is 0.184. The van der Waals surface area contributed by atoms with Gasteiger partial charge in [0, 0.05) is 7.05 Å². The first-order chi connectivity index (χ1) is 4.61. The molecule has 1 heterocycles. The molecule has 1 rings (SSSR count). The standard InChI is InChI=1S/C5H8BrN3O/c1-3(10)4-7-5(6)8-9(4)2/h3,10H,1-2H3. The van der Waals surface area contributed by atoms with E-state index < -0.39 is 6.10 Å². The molecule has 1 atom stereocenters. The van der Waals surface area contributed by atoms with Crippen LogP contribution < -0.4 is 0 Å². The van der Waals surface area contributed by atoms with Crippen LogP contribution in [-0.2, 0) is 7.05 Å². The van der Waals surface area contributed by atoms with Crippen LogP contribution in [0.15, 0.2) is 4.73 Å². The van der Waals surface area contributed by atoms with Gasteiger partial charge in [0.15, 0.2) is 5.82 Å². The van der Waals surface area contributed by atoms with Crippen LogP contribution in [0.1, 0.15) is 18.9 Å². The molecule has 1 aromatic rings. The largest absolute Gasteiger partial charge is 0.385 e. The second-order valence-electron chi connectivity index (χ2n) is 2.04. The first-order valence-corrected chi connectivity index (χ1v) is 3.65. The fourth-order valence-corrected chi connectivity index (χ4v) is 1.15. The van der Waals surface area contributed by atoms with E-state index in [2.05, 4.69) is 26.0 Å². The summed E-state index contributed by atoms with van der Waals surface area (Å²) in [5, 5.41) is 13.0. The summed E-state index contributed by atoms with van der Waals surface area (Å²) in [4.78, 5) is 3.93. The molecule has 0 fully saturated rings. The fourth-order valence-electron chi connectivity index (χ4n) is 0.728. The lowest BCUT2D eigenvalue weighted by atomic mass is 10.4. The minimum Gasteiger partial charge on any atom is -0.385 e. The average molecular weight is 206 g/mol. The molecule has 0 bridgehead atoms. The van der Waals surface area contributed by atoms with Gasteiger partial charge in [0.1, 0.15) is 6.10 Å². The van der Waals surface area contributed by atoms with Crippen LogP contribution in [0.25, 0.3) is 0 Å². The predicted octanol–water partition coefficient (Wildman–Crippen LogP) is 0.631. The molecule has 0 radical (unpaired) electrons. The van der Waals surface area contributed by atoms with Crippen molar-refractivity contribution in [3.63, 3.8) is 0 Å². The Morgan fingerprint density at radius 3 is 2.50 bits per heavy atom. The van der Waals surface area contributed by atoms with Crippen LogP contribution in [0.2, 0.25) is 0 Å². The average Bonchev–Trinajstić information content (AvgIpc) is 2.10. The Kier molecular flexibility index (Phi) is 2.05. The summed E-state index contributed by atoms with van der Waals surface area (Å²) < 4.78 is 2.04. The Hall–Kier alpha value is -0.420. The van der Waals surface area contributed by atoms with Crippen molar-refractivity contribution in [1.29, 1.82) is 0 Å². The molecule has 0 spiro atoms. The summed E-state index contributed by atoms with van der Waals surface area (Å²) in [6.07, 6.45) is -0.566. The summed E-state index contributed by atoms with van der Waals surface area (Å²) in [5.74, 6) is 0.562. The molecule has 0 saturated heterocycles. The van der Waals surface area contributed by atoms with E-state index in [-0.39, 0.29) is 0 Å². The molecule has 0 aliphatic rings. The third-order valence-corrected chi connectivity index (χ3v) is 1.48. The second kappa shape index (κ2) is 2.67. The number of aryl methyl sites for hydroxylation is 1. The van der Waals surface area contributed by atoms with Gasteiger partial charge >= 0.3 is 0 Å². The Morgan fingerprint density at radius 2 is 2.30 bits per heavy atom. The van der Waals surface area contributed by atoms with E-state index in [9.17, 15) is 0 Å². The van der Waals surface area contributed by atoms with Gasteiger partial charge in [-0.3, -0.25) is 0 Å². The van der Waals surface area contributed by atoms with Crippen LogP contribution in [0.5, 0.6) is 0 Å². The fraction of sp³-hybridized carbons (Fsp3) is 0.600. The number of hydrogen-bond donors (Lipinski definition) is 1. The maximum absolute atomic E-state index is 9.07. The minimum absolute atomic E-state index is 0.505. The van der Waals surface area contributed by atoms with Gasteiger partial charge < -0.3 is 5.11 Å². The van der Waals surface area contributed by atoms with Gasteiger partial charge in [0.25, 0.3) is 0 Å². The van der Waals surface area contributed by atoms with Gasteiger partial charge in [-0.25, -0.2) is 9.67 Å². The molecule has 1 N–H and O–H groups in total. The van der Waals surface area contributed by atoms with Crippen molar-refractivity contribution in [2.24, 2.45) is 7.05 Å². The third kappa shape index (κ3) is 1.35. The topological polar surface area (TPSA) is 50.9 Å². The molecular formula is C5H8BrN3O. The lowest BCUT2D eigenvalue weighted by Crippen LogP contribution is -2.02. The quantitative estimate of drug-likeness (QED) is 0.733. The van der Waals surface area contributed by atoms with E-state index in [0.29, 0.717) is 10.6 Å². The summed E-state index contributed by atoms with van der Waals surface area (Å²) in [7, 11) is 1.74. The van der Waals surface area contributed by atoms with Crippen molar-refractivity contribution in [2.75, 3.05) is 0 Å². The highest BCUT2D eigenvalue weighted by Crippen LogP contribution is 2.10. The van der Waals surface area contributed by atoms with Gasteiger partial charge in [-0.1, -0.05) is 0 Å². The first kappa shape index (κ1) is 7.68. The van der Waals surface area contributed by atoms with E-state index in [1.54, 1.807) is 14.0 Å². The second-order valence-corrected chi connectivity index (χ2v) is 2.75. The van der Waals surface area contributed by atoms with Crippen LogP contribution >= 0.6 is 15.9 Å². The Morgan fingerprint density at radius 1 is 1.70 bits per heavy atom. The molecule has 1 aromatic heterocycles. The molecule has 1 unspecified atom stereocenters. The molecule has 56 valence electrons. The number of nitrogens with zero attached hydrogens (tertiary/aromatic N) is 3. The number of hydrogen-bond acceptors (Lipinski definition) is 3. The highest BCUT2D eigenvalue weighted by molar-refractivity contribution is 9.10. The van der Waals surface area contributed by atoms with Crippen molar-refractivity contribution in [3.05, 3.63) is 10.6 Å². The van der Waals surface area contributed by atoms with Gasteiger partial charge in [0.05, 0.1) is 0 Å². The zero-order valence-corrected chi connectivity index (χ0v) is 7.33. The van der Waals surface area contributed by atoms with Gasteiger partial charge in [-0.15, -0.1) is 5.10 Å². The molecular weight excluding hydrogens is 198 g/mol. The van der Waals surface area contributed by atoms with Gasteiger partial charge in [-0.2, -0.15) is 0 Å². The molecule has 0 aliphatic heterocycles. The van der Waals surface area contributed by atoms with Crippen molar-refractivity contribution >= 4 is 15.9 Å². The van der Waals surface area contributed by atoms with Crippen molar-refractivity contribution in [3.8, 4) is 0 Å². The van der Waals surface area contributed by atoms with E-state index in [1.165, 1.54) is 4.68 Å². The number of aliphatic hydroxyl groups excluding tert-OH is 1. The Balaban J connectivity index is 3.03. The normalized spacial score (nSPS) is 13.6. The monoisotopic (exact) mass is 205 g/mol. The predicted molar refractivity (Wildman–Crippen MR) is 39.3 cm³/mol. The Bertz CT molecular complexity index is 233. The highest BCUT2D eigenvalue weighted by Gasteiger charge is 2.08. The first-order valence-electron chi connectivity index (χ1n) is 2.85. The van der Waals surface area contributed by atoms with E-state index in [0.717, 1.165) is 0 Å². The van der Waals surface area contributed by atoms with E-state index in [1.807, 2.05) is 0 Å². The smallest absolute Gasteiger partial charge is 0.217 e. The number of aliphatic hydroxyl groups is 1. The summed E-state index contributed by atoms with van der Waals surface area (Å²) in [5.41, 5.74) is 0. The summed E-state index contributed by atoms with van der Waals surface area (Å²) in [6.45, 7) is 1.65. The molecule has 0 amide bonds. The Labute approximate surface area is 67.0 Å². The lowest BCUT2D eigenvalue weighted by Gasteiger charge is -1.99. The molecule has 0 saturated carbocycles. The SMILES string of the molecule is CC(O)c1nc(Br)nn1C. The number of halogens is 1. The van der Waals surface area contributed by atoms with Crippen LogP contribution in [0.4, 0.5) is 0 Å². The van der Waals surface area contributed by atoms with Crippen LogP contribution in [0, 0.1) is 0 Å². The number of aromatic nitrogens is 3. The van der Waals surface area contributed by atoms with Crippen molar-refractivity contribution in [1.82, 2.24) is 14.8 Å². The molecule has 0 aromatic carbocycles. The van der Waals surface area contributed by atoms with Gasteiger partial charge in [-0.05, 0) is 22.9 Å². The molecule has 10 heavy (non-hydrogen) atoms. The summed E-state index contributed by atoms with van der Waals surface area (Å²) in [6, 6.07) is 0. The number of rotatable bonds is 1. The molecule has 0 aliphatic carbocycles. The van der Waals surface area contributed by atoms with E-state index in [4.69, 9.17) is 5.11 Å². The van der Waals surface area contributed by atoms with Crippen molar-refractivity contribution in [2.45, 2.75) is 13.0 Å². The third-order valence-electron chi connectivity index (χ3n) is 1.14. The van der Waals surface area contributed by atoms with Crippen LogP contribution in [-0.4, -0.2) is 19.9 Å². The molecule has 4 nitrogen and oxygen atoms in total. The van der Waals surface area contributed by atoms with Crippen molar-refractivity contribution < 1.29 is 5.11 Å². The van der Waals surface area contributed by atoms with Gasteiger partial charge in [0.2, 0.25) is 4.73 Å². The zero-order valence-electron chi connectivity index (χ0n) is 5.74.